The molecule has 0 saturated carbocycles. The summed E-state index contributed by atoms with van der Waals surface area (Å²) in [5.41, 5.74) is 0. The van der Waals surface area contributed by atoms with Gasteiger partial charge in [-0.1, -0.05) is 13.8 Å². The average molecular weight is 205 g/mol. The number of thioether (sulfide) groups is 1. The maximum Gasteiger partial charge on any atom is 0.0591 e. The van der Waals surface area contributed by atoms with E-state index < -0.39 is 0 Å². The maximum absolute atomic E-state index is 5.43. The second-order valence-corrected chi connectivity index (χ2v) is 4.55. The summed E-state index contributed by atoms with van der Waals surface area (Å²) in [6, 6.07) is 0. The molecular weight excluding hydrogens is 182 g/mol. The Kier molecular flexibility index (Phi) is 10.6. The zero-order chi connectivity index (χ0) is 9.94. The third-order valence-electron chi connectivity index (χ3n) is 1.58. The molecular formula is C10H23NOS. The van der Waals surface area contributed by atoms with Crippen molar-refractivity contribution in [2.24, 2.45) is 5.92 Å². The number of nitrogens with one attached hydrogen (secondary N) is 1. The molecule has 2 nitrogen and oxygen atoms in total. The van der Waals surface area contributed by atoms with Crippen LogP contribution in [0.2, 0.25) is 0 Å². The van der Waals surface area contributed by atoms with Crippen LogP contribution in [0.3, 0.4) is 0 Å². The molecule has 0 atom stereocenters. The summed E-state index contributed by atoms with van der Waals surface area (Å²) in [6.45, 7) is 8.18. The second-order valence-electron chi connectivity index (χ2n) is 3.57. The van der Waals surface area contributed by atoms with Crippen LogP contribution < -0.4 is 5.32 Å². The van der Waals surface area contributed by atoms with E-state index in [4.69, 9.17) is 4.74 Å². The van der Waals surface area contributed by atoms with Crippen LogP contribution >= 0.6 is 11.8 Å². The fourth-order valence-electron chi connectivity index (χ4n) is 0.930. The Hall–Kier alpha value is 0.270. The molecule has 0 radical (unpaired) electrons. The summed E-state index contributed by atoms with van der Waals surface area (Å²) in [4.78, 5) is 0. The number of hydrogen-bond donors (Lipinski definition) is 1. The number of rotatable bonds is 9. The fourth-order valence-corrected chi connectivity index (χ4v) is 1.36. The summed E-state index contributed by atoms with van der Waals surface area (Å²) >= 11 is 1.90. The molecule has 0 amide bonds. The molecule has 0 spiro atoms. The first-order valence-corrected chi connectivity index (χ1v) is 6.44. The van der Waals surface area contributed by atoms with Gasteiger partial charge in [-0.05, 0) is 30.9 Å². The van der Waals surface area contributed by atoms with Gasteiger partial charge in [-0.15, -0.1) is 0 Å². The molecule has 0 aromatic carbocycles. The summed E-state index contributed by atoms with van der Waals surface area (Å²) in [5.74, 6) is 1.90. The van der Waals surface area contributed by atoms with Crippen LogP contribution in [-0.2, 0) is 4.74 Å². The molecule has 0 aliphatic rings. The Labute approximate surface area is 86.8 Å². The van der Waals surface area contributed by atoms with E-state index in [0.29, 0.717) is 5.92 Å². The van der Waals surface area contributed by atoms with Crippen molar-refractivity contribution in [3.63, 3.8) is 0 Å². The van der Waals surface area contributed by atoms with Gasteiger partial charge in [-0.25, -0.2) is 0 Å². The zero-order valence-corrected chi connectivity index (χ0v) is 9.95. The van der Waals surface area contributed by atoms with Crippen molar-refractivity contribution in [3.05, 3.63) is 0 Å². The van der Waals surface area contributed by atoms with Crippen molar-refractivity contribution in [2.45, 2.75) is 20.3 Å². The molecule has 0 unspecified atom stereocenters. The van der Waals surface area contributed by atoms with Crippen molar-refractivity contribution >= 4 is 11.8 Å². The summed E-state index contributed by atoms with van der Waals surface area (Å²) in [6.07, 6.45) is 3.40. The standard InChI is InChI=1S/C10H23NOS/c1-10(2)9-12-7-6-11-5-4-8-13-3/h10-11H,4-9H2,1-3H3. The lowest BCUT2D eigenvalue weighted by atomic mass is 10.2. The van der Waals surface area contributed by atoms with E-state index in [0.717, 1.165) is 26.3 Å². The van der Waals surface area contributed by atoms with Gasteiger partial charge in [-0.3, -0.25) is 0 Å². The van der Waals surface area contributed by atoms with E-state index in [-0.39, 0.29) is 0 Å². The largest absolute Gasteiger partial charge is 0.380 e. The monoisotopic (exact) mass is 205 g/mol. The molecule has 0 aliphatic heterocycles. The lowest BCUT2D eigenvalue weighted by Gasteiger charge is -2.07. The fraction of sp³-hybridized carbons (Fsp3) is 1.00. The highest BCUT2D eigenvalue weighted by Gasteiger charge is 1.92. The molecule has 0 heterocycles. The molecule has 1 N–H and O–H groups in total. The smallest absolute Gasteiger partial charge is 0.0591 e. The van der Waals surface area contributed by atoms with Gasteiger partial charge in [0.15, 0.2) is 0 Å². The molecule has 80 valence electrons. The van der Waals surface area contributed by atoms with Gasteiger partial charge < -0.3 is 10.1 Å². The molecule has 3 heteroatoms. The highest BCUT2D eigenvalue weighted by Crippen LogP contribution is 1.93. The van der Waals surface area contributed by atoms with Crippen molar-refractivity contribution in [3.8, 4) is 0 Å². The zero-order valence-electron chi connectivity index (χ0n) is 9.14. The van der Waals surface area contributed by atoms with Crippen LogP contribution in [0.15, 0.2) is 0 Å². The van der Waals surface area contributed by atoms with Crippen molar-refractivity contribution in [2.75, 3.05) is 38.3 Å². The van der Waals surface area contributed by atoms with Gasteiger partial charge in [0.1, 0.15) is 0 Å². The molecule has 0 rings (SSSR count). The quantitative estimate of drug-likeness (QED) is 0.582. The van der Waals surface area contributed by atoms with Gasteiger partial charge in [0, 0.05) is 13.2 Å². The molecule has 0 saturated heterocycles. The summed E-state index contributed by atoms with van der Waals surface area (Å²) in [5, 5.41) is 3.36. The Morgan fingerprint density at radius 2 is 2.08 bits per heavy atom. The number of hydrogen-bond acceptors (Lipinski definition) is 3. The molecule has 13 heavy (non-hydrogen) atoms. The lowest BCUT2D eigenvalue weighted by molar-refractivity contribution is 0.112. The molecule has 0 aliphatic carbocycles. The second kappa shape index (κ2) is 10.4. The van der Waals surface area contributed by atoms with E-state index in [1.807, 2.05) is 11.8 Å². The predicted molar refractivity (Wildman–Crippen MR) is 61.5 cm³/mol. The predicted octanol–water partition coefficient (Wildman–Crippen LogP) is 2.00. The molecule has 0 fully saturated rings. The average Bonchev–Trinajstić information content (AvgIpc) is 2.09. The van der Waals surface area contributed by atoms with Gasteiger partial charge in [-0.2, -0.15) is 11.8 Å². The van der Waals surface area contributed by atoms with Crippen LogP contribution in [0.25, 0.3) is 0 Å². The Bertz CT molecular complexity index is 98.9. The Morgan fingerprint density at radius 3 is 2.69 bits per heavy atom. The third-order valence-corrected chi connectivity index (χ3v) is 2.27. The van der Waals surface area contributed by atoms with E-state index >= 15 is 0 Å². The van der Waals surface area contributed by atoms with Crippen molar-refractivity contribution < 1.29 is 4.74 Å². The van der Waals surface area contributed by atoms with E-state index in [9.17, 15) is 0 Å². The van der Waals surface area contributed by atoms with Crippen LogP contribution in [0.4, 0.5) is 0 Å². The molecule has 0 aromatic heterocycles. The first-order valence-electron chi connectivity index (χ1n) is 5.04. The molecule has 0 bridgehead atoms. The minimum absolute atomic E-state index is 0.650. The van der Waals surface area contributed by atoms with Crippen LogP contribution in [0, 0.1) is 5.92 Å². The SMILES string of the molecule is CSCCCNCCOCC(C)C. The summed E-state index contributed by atoms with van der Waals surface area (Å²) < 4.78 is 5.43. The van der Waals surface area contributed by atoms with E-state index in [1.165, 1.54) is 12.2 Å². The van der Waals surface area contributed by atoms with Crippen molar-refractivity contribution in [1.29, 1.82) is 0 Å². The first-order chi connectivity index (χ1) is 6.27. The lowest BCUT2D eigenvalue weighted by Crippen LogP contribution is -2.22. The minimum Gasteiger partial charge on any atom is -0.380 e. The highest BCUT2D eigenvalue weighted by molar-refractivity contribution is 7.98. The van der Waals surface area contributed by atoms with Crippen LogP contribution in [0.1, 0.15) is 20.3 Å². The highest BCUT2D eigenvalue weighted by atomic mass is 32.2. The summed E-state index contributed by atoms with van der Waals surface area (Å²) in [7, 11) is 0. The van der Waals surface area contributed by atoms with Crippen molar-refractivity contribution in [1.82, 2.24) is 5.32 Å². The van der Waals surface area contributed by atoms with Gasteiger partial charge >= 0.3 is 0 Å². The Balaban J connectivity index is 2.84. The van der Waals surface area contributed by atoms with E-state index in [2.05, 4.69) is 25.4 Å². The third kappa shape index (κ3) is 12.3. The van der Waals surface area contributed by atoms with Gasteiger partial charge in [0.25, 0.3) is 0 Å². The minimum atomic E-state index is 0.650. The number of ether oxygens (including phenoxy) is 1. The molecule has 0 aromatic rings. The van der Waals surface area contributed by atoms with Gasteiger partial charge in [0.2, 0.25) is 0 Å². The first kappa shape index (κ1) is 13.3. The Morgan fingerprint density at radius 1 is 1.31 bits per heavy atom. The van der Waals surface area contributed by atoms with E-state index in [1.54, 1.807) is 0 Å². The van der Waals surface area contributed by atoms with Crippen LogP contribution in [-0.4, -0.2) is 38.3 Å². The van der Waals surface area contributed by atoms with Gasteiger partial charge in [0.05, 0.1) is 6.61 Å². The topological polar surface area (TPSA) is 21.3 Å². The normalized spacial score (nSPS) is 11.1. The maximum atomic E-state index is 5.43. The van der Waals surface area contributed by atoms with Crippen LogP contribution in [0.5, 0.6) is 0 Å².